The first-order valence-electron chi connectivity index (χ1n) is 9.39. The largest absolute Gasteiger partial charge is 0.462 e. The number of hydrogen-bond acceptors (Lipinski definition) is 5. The molecule has 0 saturated heterocycles. The summed E-state index contributed by atoms with van der Waals surface area (Å²) in [6, 6.07) is 10.5. The highest BCUT2D eigenvalue weighted by Crippen LogP contribution is 2.21. The van der Waals surface area contributed by atoms with Crippen molar-refractivity contribution in [3.63, 3.8) is 0 Å². The van der Waals surface area contributed by atoms with E-state index in [9.17, 15) is 9.59 Å². The lowest BCUT2D eigenvalue weighted by atomic mass is 10.1. The number of pyridine rings is 1. The van der Waals surface area contributed by atoms with Gasteiger partial charge in [0, 0.05) is 24.8 Å². The highest BCUT2D eigenvalue weighted by molar-refractivity contribution is 5.97. The first kappa shape index (κ1) is 20.4. The van der Waals surface area contributed by atoms with Gasteiger partial charge in [-0.3, -0.25) is 4.79 Å². The average molecular weight is 369 g/mol. The molecule has 1 amide bonds. The fourth-order valence-corrected chi connectivity index (χ4v) is 2.79. The van der Waals surface area contributed by atoms with E-state index in [1.54, 1.807) is 43.5 Å². The van der Waals surface area contributed by atoms with Gasteiger partial charge in [0.1, 0.15) is 5.82 Å². The summed E-state index contributed by atoms with van der Waals surface area (Å²) in [5.74, 6) is 0.0956. The van der Waals surface area contributed by atoms with E-state index in [0.717, 1.165) is 25.9 Å². The Morgan fingerprint density at radius 3 is 2.44 bits per heavy atom. The predicted molar refractivity (Wildman–Crippen MR) is 106 cm³/mol. The number of benzene rings is 1. The van der Waals surface area contributed by atoms with E-state index in [2.05, 4.69) is 24.1 Å². The van der Waals surface area contributed by atoms with Gasteiger partial charge in [-0.05, 0) is 44.0 Å². The third-order valence-corrected chi connectivity index (χ3v) is 3.97. The van der Waals surface area contributed by atoms with Crippen LogP contribution in [0.5, 0.6) is 0 Å². The summed E-state index contributed by atoms with van der Waals surface area (Å²) < 4.78 is 5.09. The maximum absolute atomic E-state index is 12.8. The molecule has 1 aromatic carbocycles. The summed E-state index contributed by atoms with van der Waals surface area (Å²) in [6.45, 7) is 7.64. The molecule has 1 aromatic heterocycles. The van der Waals surface area contributed by atoms with Gasteiger partial charge in [-0.25, -0.2) is 9.78 Å². The second-order valence-corrected chi connectivity index (χ2v) is 6.11. The molecular formula is C21H27N3O3. The summed E-state index contributed by atoms with van der Waals surface area (Å²) in [5.41, 5.74) is 1.59. The number of aromatic nitrogens is 1. The molecule has 6 nitrogen and oxygen atoms in total. The van der Waals surface area contributed by atoms with Crippen LogP contribution < -0.4 is 5.32 Å². The lowest BCUT2D eigenvalue weighted by Crippen LogP contribution is -2.32. The summed E-state index contributed by atoms with van der Waals surface area (Å²) >= 11 is 0. The minimum atomic E-state index is -0.398. The topological polar surface area (TPSA) is 71.5 Å². The molecule has 1 N–H and O–H groups in total. The summed E-state index contributed by atoms with van der Waals surface area (Å²) in [5, 5.41) is 3.13. The fraction of sp³-hybridized carbons (Fsp3) is 0.381. The molecule has 6 heteroatoms. The SMILES string of the molecule is CCCN(CCC)C(=O)c1ccnc(Nc2ccccc2C(=O)OCC)c1. The summed E-state index contributed by atoms with van der Waals surface area (Å²) in [4.78, 5) is 31.0. The first-order valence-corrected chi connectivity index (χ1v) is 9.39. The number of carbonyl (C=O) groups is 2. The van der Waals surface area contributed by atoms with Crippen molar-refractivity contribution in [2.75, 3.05) is 25.0 Å². The lowest BCUT2D eigenvalue weighted by molar-refractivity contribution is 0.0527. The van der Waals surface area contributed by atoms with Gasteiger partial charge in [0.25, 0.3) is 5.91 Å². The number of nitrogens with one attached hydrogen (secondary N) is 1. The van der Waals surface area contributed by atoms with Crippen LogP contribution in [-0.4, -0.2) is 41.5 Å². The molecule has 27 heavy (non-hydrogen) atoms. The zero-order valence-corrected chi connectivity index (χ0v) is 16.2. The number of amides is 1. The van der Waals surface area contributed by atoms with E-state index >= 15 is 0 Å². The van der Waals surface area contributed by atoms with Crippen LogP contribution in [0.3, 0.4) is 0 Å². The maximum Gasteiger partial charge on any atom is 0.340 e. The Morgan fingerprint density at radius 2 is 1.78 bits per heavy atom. The minimum absolute atomic E-state index is 0.0113. The summed E-state index contributed by atoms with van der Waals surface area (Å²) in [6.07, 6.45) is 3.42. The van der Waals surface area contributed by atoms with Crippen molar-refractivity contribution in [1.29, 1.82) is 0 Å². The number of carbonyl (C=O) groups excluding carboxylic acids is 2. The van der Waals surface area contributed by atoms with Gasteiger partial charge in [-0.1, -0.05) is 26.0 Å². The standard InChI is InChI=1S/C21H27N3O3/c1-4-13-24(14-5-2)20(25)16-11-12-22-19(15-16)23-18-10-8-7-9-17(18)21(26)27-6-3/h7-12,15H,4-6,13-14H2,1-3H3,(H,22,23). The van der Waals surface area contributed by atoms with Gasteiger partial charge in [0.15, 0.2) is 0 Å². The Hall–Kier alpha value is -2.89. The first-order chi connectivity index (χ1) is 13.1. The Balaban J connectivity index is 2.24. The quantitative estimate of drug-likeness (QED) is 0.669. The molecule has 0 atom stereocenters. The van der Waals surface area contributed by atoms with Crippen LogP contribution in [0.25, 0.3) is 0 Å². The second kappa shape index (κ2) is 10.3. The van der Waals surface area contributed by atoms with Gasteiger partial charge in [0.05, 0.1) is 17.9 Å². The summed E-state index contributed by atoms with van der Waals surface area (Å²) in [7, 11) is 0. The molecule has 0 aliphatic carbocycles. The number of rotatable bonds is 9. The van der Waals surface area contributed by atoms with Crippen molar-refractivity contribution in [3.8, 4) is 0 Å². The van der Waals surface area contributed by atoms with Crippen LogP contribution in [0, 0.1) is 0 Å². The van der Waals surface area contributed by atoms with E-state index in [1.807, 2.05) is 11.0 Å². The van der Waals surface area contributed by atoms with Crippen LogP contribution >= 0.6 is 0 Å². The smallest absolute Gasteiger partial charge is 0.340 e. The molecule has 2 rings (SSSR count). The van der Waals surface area contributed by atoms with Crippen molar-refractivity contribution in [1.82, 2.24) is 9.88 Å². The number of anilines is 2. The van der Waals surface area contributed by atoms with Gasteiger partial charge in [0.2, 0.25) is 0 Å². The molecule has 0 spiro atoms. The van der Waals surface area contributed by atoms with Crippen LogP contribution in [-0.2, 0) is 4.74 Å². The fourth-order valence-electron chi connectivity index (χ4n) is 2.79. The van der Waals surface area contributed by atoms with Crippen molar-refractivity contribution in [2.45, 2.75) is 33.6 Å². The van der Waals surface area contributed by atoms with Crippen molar-refractivity contribution >= 4 is 23.4 Å². The third kappa shape index (κ3) is 5.54. The van der Waals surface area contributed by atoms with Crippen molar-refractivity contribution in [3.05, 3.63) is 53.7 Å². The molecule has 0 unspecified atom stereocenters. The van der Waals surface area contributed by atoms with Crippen LogP contribution in [0.4, 0.5) is 11.5 Å². The Kier molecular flexibility index (Phi) is 7.79. The molecule has 0 bridgehead atoms. The number of esters is 1. The normalized spacial score (nSPS) is 10.3. The highest BCUT2D eigenvalue weighted by Gasteiger charge is 2.16. The molecule has 0 aliphatic rings. The van der Waals surface area contributed by atoms with E-state index in [1.165, 1.54) is 0 Å². The second-order valence-electron chi connectivity index (χ2n) is 6.11. The van der Waals surface area contributed by atoms with Crippen LogP contribution in [0.2, 0.25) is 0 Å². The molecule has 1 heterocycles. The number of nitrogens with zero attached hydrogens (tertiary/aromatic N) is 2. The molecule has 0 fully saturated rings. The van der Waals surface area contributed by atoms with Gasteiger partial charge in [-0.15, -0.1) is 0 Å². The Labute approximate surface area is 160 Å². The molecular weight excluding hydrogens is 342 g/mol. The van der Waals surface area contributed by atoms with E-state index in [4.69, 9.17) is 4.74 Å². The van der Waals surface area contributed by atoms with Gasteiger partial charge in [-0.2, -0.15) is 0 Å². The Bertz CT molecular complexity index is 771. The lowest BCUT2D eigenvalue weighted by Gasteiger charge is -2.21. The zero-order chi connectivity index (χ0) is 19.6. The van der Waals surface area contributed by atoms with E-state index < -0.39 is 5.97 Å². The van der Waals surface area contributed by atoms with Gasteiger partial charge >= 0.3 is 5.97 Å². The number of para-hydroxylation sites is 1. The van der Waals surface area contributed by atoms with Crippen LogP contribution in [0.1, 0.15) is 54.3 Å². The van der Waals surface area contributed by atoms with Crippen molar-refractivity contribution in [2.24, 2.45) is 0 Å². The number of hydrogen-bond donors (Lipinski definition) is 1. The highest BCUT2D eigenvalue weighted by atomic mass is 16.5. The molecule has 2 aromatic rings. The number of ether oxygens (including phenoxy) is 1. The van der Waals surface area contributed by atoms with Crippen LogP contribution in [0.15, 0.2) is 42.6 Å². The Morgan fingerprint density at radius 1 is 1.07 bits per heavy atom. The van der Waals surface area contributed by atoms with E-state index in [-0.39, 0.29) is 5.91 Å². The van der Waals surface area contributed by atoms with E-state index in [0.29, 0.717) is 29.2 Å². The molecule has 144 valence electrons. The third-order valence-electron chi connectivity index (χ3n) is 3.97. The maximum atomic E-state index is 12.8. The monoisotopic (exact) mass is 369 g/mol. The average Bonchev–Trinajstić information content (AvgIpc) is 2.68. The zero-order valence-electron chi connectivity index (χ0n) is 16.2. The van der Waals surface area contributed by atoms with Gasteiger partial charge < -0.3 is 15.0 Å². The molecule has 0 saturated carbocycles. The molecule has 0 radical (unpaired) electrons. The predicted octanol–water partition coefficient (Wildman–Crippen LogP) is 4.26. The van der Waals surface area contributed by atoms with Crippen molar-refractivity contribution < 1.29 is 14.3 Å². The minimum Gasteiger partial charge on any atom is -0.462 e. The molecule has 0 aliphatic heterocycles.